The standard InChI is InChI=1S/C23H21N3OSi/c1-26-18-17-24-23(26)19-25-27-28(20-11-5-2-6-12-20,21-13-7-3-8-14-21)22-15-9-4-10-16-22/h2-19H,1H3. The van der Waals surface area contributed by atoms with Crippen molar-refractivity contribution in [2.75, 3.05) is 0 Å². The fourth-order valence-electron chi connectivity index (χ4n) is 3.33. The zero-order valence-corrected chi connectivity index (χ0v) is 16.6. The molecule has 0 atom stereocenters. The molecule has 0 N–H and O–H groups in total. The van der Waals surface area contributed by atoms with Crippen molar-refractivity contribution in [1.29, 1.82) is 0 Å². The topological polar surface area (TPSA) is 39.4 Å². The van der Waals surface area contributed by atoms with Gasteiger partial charge in [0.25, 0.3) is 0 Å². The van der Waals surface area contributed by atoms with Gasteiger partial charge in [-0.25, -0.2) is 4.98 Å². The van der Waals surface area contributed by atoms with Crippen molar-refractivity contribution in [2.24, 2.45) is 12.2 Å². The van der Waals surface area contributed by atoms with E-state index >= 15 is 0 Å². The maximum Gasteiger partial charge on any atom is 0.380 e. The zero-order chi connectivity index (χ0) is 19.2. The normalized spacial score (nSPS) is 11.6. The molecule has 0 fully saturated rings. The molecular weight excluding hydrogens is 362 g/mol. The Balaban J connectivity index is 1.88. The molecule has 5 heteroatoms. The molecule has 3 aromatic carbocycles. The Morgan fingerprint density at radius 1 is 0.786 bits per heavy atom. The third-order valence-electron chi connectivity index (χ3n) is 4.76. The van der Waals surface area contributed by atoms with Gasteiger partial charge in [0.2, 0.25) is 0 Å². The summed E-state index contributed by atoms with van der Waals surface area (Å²) in [5, 5.41) is 7.86. The lowest BCUT2D eigenvalue weighted by atomic mass is 10.3. The maximum absolute atomic E-state index is 6.47. The molecule has 0 saturated carbocycles. The SMILES string of the molecule is Cn1ccnc1C=NO[Si](c1ccccc1)(c1ccccc1)c1ccccc1. The van der Waals surface area contributed by atoms with Gasteiger partial charge in [0.15, 0.2) is 5.82 Å². The molecule has 0 saturated heterocycles. The first-order chi connectivity index (χ1) is 13.8. The summed E-state index contributed by atoms with van der Waals surface area (Å²) in [4.78, 5) is 4.30. The van der Waals surface area contributed by atoms with Crippen LogP contribution in [0.15, 0.2) is 109 Å². The maximum atomic E-state index is 6.47. The molecule has 0 spiro atoms. The van der Waals surface area contributed by atoms with Crippen LogP contribution in [0.3, 0.4) is 0 Å². The van der Waals surface area contributed by atoms with Crippen LogP contribution in [0.2, 0.25) is 0 Å². The summed E-state index contributed by atoms with van der Waals surface area (Å²) in [6.45, 7) is 0. The number of hydrogen-bond donors (Lipinski definition) is 0. The first kappa shape index (κ1) is 17.9. The minimum Gasteiger partial charge on any atom is -0.438 e. The van der Waals surface area contributed by atoms with Gasteiger partial charge < -0.3 is 9.09 Å². The van der Waals surface area contributed by atoms with Gasteiger partial charge in [-0.15, -0.1) is 5.16 Å². The molecule has 0 aliphatic rings. The van der Waals surface area contributed by atoms with E-state index in [1.54, 1.807) is 12.4 Å². The molecule has 4 rings (SSSR count). The second-order valence-electron chi connectivity index (χ2n) is 6.50. The Labute approximate surface area is 165 Å². The van der Waals surface area contributed by atoms with Crippen molar-refractivity contribution in [2.45, 2.75) is 0 Å². The molecule has 1 heterocycles. The van der Waals surface area contributed by atoms with Crippen LogP contribution in [0, 0.1) is 0 Å². The quantitative estimate of drug-likeness (QED) is 0.222. The Hall–Kier alpha value is -3.44. The summed E-state index contributed by atoms with van der Waals surface area (Å²) in [5.74, 6) is 0.747. The van der Waals surface area contributed by atoms with Crippen molar-refractivity contribution in [3.63, 3.8) is 0 Å². The van der Waals surface area contributed by atoms with Gasteiger partial charge >= 0.3 is 8.32 Å². The monoisotopic (exact) mass is 383 g/mol. The Bertz CT molecular complexity index is 950. The molecule has 0 aliphatic heterocycles. The summed E-state index contributed by atoms with van der Waals surface area (Å²) in [7, 11) is -0.874. The highest BCUT2D eigenvalue weighted by atomic mass is 28.4. The molecule has 4 nitrogen and oxygen atoms in total. The van der Waals surface area contributed by atoms with Gasteiger partial charge in [-0.1, -0.05) is 91.0 Å². The fourth-order valence-corrected chi connectivity index (χ4v) is 6.84. The number of nitrogens with zero attached hydrogens (tertiary/aromatic N) is 3. The van der Waals surface area contributed by atoms with Gasteiger partial charge in [-0.2, -0.15) is 0 Å². The molecule has 0 bridgehead atoms. The lowest BCUT2D eigenvalue weighted by Gasteiger charge is -2.29. The van der Waals surface area contributed by atoms with Crippen molar-refractivity contribution in [3.8, 4) is 0 Å². The zero-order valence-electron chi connectivity index (χ0n) is 15.6. The van der Waals surface area contributed by atoms with Gasteiger partial charge in [-0.05, 0) is 15.6 Å². The molecule has 4 aromatic rings. The number of aromatic nitrogens is 2. The molecule has 0 radical (unpaired) electrons. The highest BCUT2D eigenvalue weighted by Gasteiger charge is 2.44. The minimum atomic E-state index is -2.81. The number of imidazole rings is 1. The van der Waals surface area contributed by atoms with Crippen LogP contribution in [0.5, 0.6) is 0 Å². The van der Waals surface area contributed by atoms with Gasteiger partial charge in [0.1, 0.15) is 6.21 Å². The Morgan fingerprint density at radius 3 is 1.64 bits per heavy atom. The van der Waals surface area contributed by atoms with Crippen molar-refractivity contribution in [3.05, 3.63) is 109 Å². The number of benzene rings is 3. The van der Waals surface area contributed by atoms with Crippen LogP contribution in [-0.4, -0.2) is 24.1 Å². The van der Waals surface area contributed by atoms with Crippen LogP contribution in [0.25, 0.3) is 0 Å². The van der Waals surface area contributed by atoms with Gasteiger partial charge in [0.05, 0.1) is 0 Å². The number of aryl methyl sites for hydroxylation is 1. The molecule has 1 aromatic heterocycles. The molecule has 0 unspecified atom stereocenters. The van der Waals surface area contributed by atoms with Gasteiger partial charge in [0, 0.05) is 19.4 Å². The average Bonchev–Trinajstić information content (AvgIpc) is 3.18. The summed E-state index contributed by atoms with van der Waals surface area (Å²) >= 11 is 0. The minimum absolute atomic E-state index is 0.747. The largest absolute Gasteiger partial charge is 0.438 e. The van der Waals surface area contributed by atoms with E-state index in [0.717, 1.165) is 21.4 Å². The van der Waals surface area contributed by atoms with E-state index in [1.165, 1.54) is 0 Å². The van der Waals surface area contributed by atoms with Crippen molar-refractivity contribution in [1.82, 2.24) is 9.55 Å². The van der Waals surface area contributed by atoms with E-state index in [9.17, 15) is 0 Å². The Morgan fingerprint density at radius 2 is 1.25 bits per heavy atom. The fraction of sp³-hybridized carbons (Fsp3) is 0.0435. The predicted molar refractivity (Wildman–Crippen MR) is 116 cm³/mol. The third kappa shape index (κ3) is 3.40. The van der Waals surface area contributed by atoms with Crippen LogP contribution in [0.1, 0.15) is 5.82 Å². The number of oxime groups is 1. The third-order valence-corrected chi connectivity index (χ3v) is 8.58. The van der Waals surface area contributed by atoms with E-state index < -0.39 is 8.32 Å². The summed E-state index contributed by atoms with van der Waals surface area (Å²) in [5.41, 5.74) is 0. The second kappa shape index (κ2) is 8.06. The summed E-state index contributed by atoms with van der Waals surface area (Å²) in [6, 6.07) is 31.1. The lowest BCUT2D eigenvalue weighted by Crippen LogP contribution is -2.68. The van der Waals surface area contributed by atoms with Crippen LogP contribution < -0.4 is 15.6 Å². The Kier molecular flexibility index (Phi) is 5.17. The highest BCUT2D eigenvalue weighted by Crippen LogP contribution is 2.10. The van der Waals surface area contributed by atoms with Crippen LogP contribution in [-0.2, 0) is 11.6 Å². The smallest absolute Gasteiger partial charge is 0.380 e. The molecular formula is C23H21N3OSi. The second-order valence-corrected chi connectivity index (χ2v) is 9.78. The van der Waals surface area contributed by atoms with Crippen molar-refractivity contribution >= 4 is 30.1 Å². The number of hydrogen-bond acceptors (Lipinski definition) is 3. The first-order valence-corrected chi connectivity index (χ1v) is 11.1. The molecule has 0 aliphatic carbocycles. The van der Waals surface area contributed by atoms with E-state index in [2.05, 4.69) is 82.9 Å². The van der Waals surface area contributed by atoms with Gasteiger partial charge in [-0.3, -0.25) is 0 Å². The number of rotatable bonds is 6. The van der Waals surface area contributed by atoms with E-state index in [-0.39, 0.29) is 0 Å². The highest BCUT2D eigenvalue weighted by molar-refractivity contribution is 7.07. The first-order valence-electron chi connectivity index (χ1n) is 9.16. The molecule has 138 valence electrons. The lowest BCUT2D eigenvalue weighted by molar-refractivity contribution is 0.351. The van der Waals surface area contributed by atoms with E-state index in [1.807, 2.05) is 36.0 Å². The van der Waals surface area contributed by atoms with E-state index in [4.69, 9.17) is 4.53 Å². The van der Waals surface area contributed by atoms with Crippen LogP contribution >= 0.6 is 0 Å². The average molecular weight is 384 g/mol. The van der Waals surface area contributed by atoms with E-state index in [0.29, 0.717) is 0 Å². The molecule has 28 heavy (non-hydrogen) atoms. The van der Waals surface area contributed by atoms with Crippen molar-refractivity contribution < 1.29 is 4.53 Å². The summed E-state index contributed by atoms with van der Waals surface area (Å²) in [6.07, 6.45) is 5.31. The molecule has 0 amide bonds. The predicted octanol–water partition coefficient (Wildman–Crippen LogP) is 2.44. The summed E-state index contributed by atoms with van der Waals surface area (Å²) < 4.78 is 8.38. The van der Waals surface area contributed by atoms with Crippen LogP contribution in [0.4, 0.5) is 0 Å².